The van der Waals surface area contributed by atoms with Crippen molar-refractivity contribution in [1.82, 2.24) is 5.32 Å². The van der Waals surface area contributed by atoms with E-state index >= 15 is 0 Å². The number of ether oxygens (including phenoxy) is 1. The second-order valence-electron chi connectivity index (χ2n) is 4.33. The van der Waals surface area contributed by atoms with E-state index in [4.69, 9.17) is 10.5 Å². The second kappa shape index (κ2) is 4.88. The Morgan fingerprint density at radius 2 is 2.19 bits per heavy atom. The molecule has 4 heteroatoms. The van der Waals surface area contributed by atoms with Gasteiger partial charge >= 0.3 is 6.03 Å². The topological polar surface area (TPSA) is 64.3 Å². The predicted octanol–water partition coefficient (Wildman–Crippen LogP) is 1.64. The smallest absolute Gasteiger partial charge is 0.312 e. The average molecular weight is 222 g/mol. The van der Waals surface area contributed by atoms with Gasteiger partial charge in [-0.1, -0.05) is 26.0 Å². The van der Waals surface area contributed by atoms with E-state index in [0.29, 0.717) is 6.54 Å². The summed E-state index contributed by atoms with van der Waals surface area (Å²) in [6.45, 7) is 4.57. The van der Waals surface area contributed by atoms with Crippen LogP contribution in [0, 0.1) is 0 Å². The monoisotopic (exact) mass is 222 g/mol. The Labute approximate surface area is 95.8 Å². The second-order valence-corrected chi connectivity index (χ2v) is 4.33. The van der Waals surface area contributed by atoms with Crippen molar-refractivity contribution < 1.29 is 9.53 Å². The minimum atomic E-state index is -0.504. The zero-order valence-corrected chi connectivity index (χ0v) is 9.91. The fourth-order valence-electron chi connectivity index (χ4n) is 1.45. The van der Waals surface area contributed by atoms with Gasteiger partial charge in [-0.25, -0.2) is 4.79 Å². The molecule has 0 spiro atoms. The van der Waals surface area contributed by atoms with Crippen molar-refractivity contribution in [3.05, 3.63) is 29.8 Å². The third kappa shape index (κ3) is 3.15. The predicted molar refractivity (Wildman–Crippen MR) is 63.6 cm³/mol. The molecule has 0 aliphatic rings. The molecule has 4 nitrogen and oxygen atoms in total. The lowest BCUT2D eigenvalue weighted by Crippen LogP contribution is -2.39. The number of amides is 2. The lowest BCUT2D eigenvalue weighted by atomic mass is 9.84. The summed E-state index contributed by atoms with van der Waals surface area (Å²) in [5.74, 6) is 0.810. The Morgan fingerprint density at radius 3 is 2.75 bits per heavy atom. The fourth-order valence-corrected chi connectivity index (χ4v) is 1.45. The number of carbonyl (C=O) groups is 1. The Bertz CT molecular complexity index is 375. The molecule has 0 bridgehead atoms. The largest absolute Gasteiger partial charge is 0.497 e. The number of benzene rings is 1. The Kier molecular flexibility index (Phi) is 3.77. The molecule has 0 heterocycles. The van der Waals surface area contributed by atoms with Crippen LogP contribution >= 0.6 is 0 Å². The third-order valence-electron chi connectivity index (χ3n) is 2.56. The number of nitrogens with two attached hydrogens (primary N) is 1. The van der Waals surface area contributed by atoms with Crippen LogP contribution in [0.15, 0.2) is 24.3 Å². The van der Waals surface area contributed by atoms with Crippen LogP contribution in [0.1, 0.15) is 19.4 Å². The Balaban J connectivity index is 2.83. The summed E-state index contributed by atoms with van der Waals surface area (Å²) in [4.78, 5) is 10.7. The maximum atomic E-state index is 10.7. The van der Waals surface area contributed by atoms with Crippen LogP contribution in [0.25, 0.3) is 0 Å². The van der Waals surface area contributed by atoms with Crippen LogP contribution in [0.2, 0.25) is 0 Å². The Morgan fingerprint density at radius 1 is 1.50 bits per heavy atom. The van der Waals surface area contributed by atoms with Crippen molar-refractivity contribution in [2.45, 2.75) is 19.3 Å². The van der Waals surface area contributed by atoms with Crippen LogP contribution in [0.4, 0.5) is 4.79 Å². The molecule has 0 atom stereocenters. The quantitative estimate of drug-likeness (QED) is 0.813. The number of hydrogen-bond acceptors (Lipinski definition) is 2. The molecule has 1 aromatic rings. The van der Waals surface area contributed by atoms with Crippen LogP contribution in [0.3, 0.4) is 0 Å². The highest BCUT2D eigenvalue weighted by Gasteiger charge is 2.21. The van der Waals surface area contributed by atoms with E-state index in [1.54, 1.807) is 7.11 Å². The van der Waals surface area contributed by atoms with Gasteiger partial charge in [0.2, 0.25) is 0 Å². The van der Waals surface area contributed by atoms with E-state index in [9.17, 15) is 4.79 Å². The van der Waals surface area contributed by atoms with Gasteiger partial charge in [0.1, 0.15) is 5.75 Å². The summed E-state index contributed by atoms with van der Waals surface area (Å²) in [7, 11) is 1.63. The highest BCUT2D eigenvalue weighted by Crippen LogP contribution is 2.25. The van der Waals surface area contributed by atoms with E-state index in [2.05, 4.69) is 5.32 Å². The minimum Gasteiger partial charge on any atom is -0.497 e. The molecule has 3 N–H and O–H groups in total. The van der Waals surface area contributed by atoms with Crippen molar-refractivity contribution in [1.29, 1.82) is 0 Å². The van der Waals surface area contributed by atoms with E-state index in [-0.39, 0.29) is 5.41 Å². The van der Waals surface area contributed by atoms with E-state index in [0.717, 1.165) is 11.3 Å². The maximum Gasteiger partial charge on any atom is 0.312 e. The summed E-state index contributed by atoms with van der Waals surface area (Å²) >= 11 is 0. The molecule has 0 saturated carbocycles. The number of methoxy groups -OCH3 is 1. The molecule has 1 aromatic carbocycles. The number of carbonyl (C=O) groups excluding carboxylic acids is 1. The molecule has 0 fully saturated rings. The van der Waals surface area contributed by atoms with Crippen molar-refractivity contribution in [3.63, 3.8) is 0 Å². The van der Waals surface area contributed by atoms with E-state index < -0.39 is 6.03 Å². The molecule has 0 aliphatic carbocycles. The van der Waals surface area contributed by atoms with Gasteiger partial charge in [0.15, 0.2) is 0 Å². The van der Waals surface area contributed by atoms with Crippen molar-refractivity contribution in [3.8, 4) is 5.75 Å². The van der Waals surface area contributed by atoms with E-state index in [1.807, 2.05) is 38.1 Å². The minimum absolute atomic E-state index is 0.177. The highest BCUT2D eigenvalue weighted by molar-refractivity contribution is 5.71. The number of urea groups is 1. The molecule has 88 valence electrons. The summed E-state index contributed by atoms with van der Waals surface area (Å²) in [6, 6.07) is 7.28. The first-order valence-electron chi connectivity index (χ1n) is 5.13. The summed E-state index contributed by atoms with van der Waals surface area (Å²) in [5.41, 5.74) is 5.98. The zero-order valence-electron chi connectivity index (χ0n) is 9.91. The van der Waals surface area contributed by atoms with Gasteiger partial charge in [-0.05, 0) is 17.7 Å². The van der Waals surface area contributed by atoms with Gasteiger partial charge in [-0.3, -0.25) is 0 Å². The molecule has 0 saturated heterocycles. The highest BCUT2D eigenvalue weighted by atomic mass is 16.5. The molecule has 2 amide bonds. The van der Waals surface area contributed by atoms with Gasteiger partial charge in [-0.15, -0.1) is 0 Å². The van der Waals surface area contributed by atoms with Gasteiger partial charge in [0, 0.05) is 12.0 Å². The molecule has 0 unspecified atom stereocenters. The molecule has 0 radical (unpaired) electrons. The van der Waals surface area contributed by atoms with Crippen LogP contribution in [0.5, 0.6) is 5.75 Å². The molecular formula is C12H18N2O2. The lowest BCUT2D eigenvalue weighted by molar-refractivity contribution is 0.246. The molecular weight excluding hydrogens is 204 g/mol. The molecule has 16 heavy (non-hydrogen) atoms. The van der Waals surface area contributed by atoms with Gasteiger partial charge in [0.05, 0.1) is 7.11 Å². The first-order valence-corrected chi connectivity index (χ1v) is 5.13. The summed E-state index contributed by atoms with van der Waals surface area (Å²) in [6.07, 6.45) is 0. The van der Waals surface area contributed by atoms with Crippen molar-refractivity contribution >= 4 is 6.03 Å². The van der Waals surface area contributed by atoms with Crippen LogP contribution in [-0.2, 0) is 5.41 Å². The maximum absolute atomic E-state index is 10.7. The number of hydrogen-bond donors (Lipinski definition) is 2. The Hall–Kier alpha value is -1.71. The molecule has 1 rings (SSSR count). The third-order valence-corrected chi connectivity index (χ3v) is 2.56. The van der Waals surface area contributed by atoms with Gasteiger partial charge in [0.25, 0.3) is 0 Å². The standard InChI is InChI=1S/C12H18N2O2/c1-12(2,8-14-11(13)15)9-5-4-6-10(7-9)16-3/h4-7H,8H2,1-3H3,(H3,13,14,15). The number of rotatable bonds is 4. The van der Waals surface area contributed by atoms with Crippen LogP contribution < -0.4 is 15.8 Å². The van der Waals surface area contributed by atoms with Gasteiger partial charge < -0.3 is 15.8 Å². The summed E-state index contributed by atoms with van der Waals surface area (Å²) < 4.78 is 5.16. The SMILES string of the molecule is COc1cccc(C(C)(C)CNC(N)=O)c1. The zero-order chi connectivity index (χ0) is 12.2. The lowest BCUT2D eigenvalue weighted by Gasteiger charge is -2.25. The van der Waals surface area contributed by atoms with Crippen molar-refractivity contribution in [2.24, 2.45) is 5.73 Å². The van der Waals surface area contributed by atoms with E-state index in [1.165, 1.54) is 0 Å². The first-order chi connectivity index (χ1) is 7.45. The number of primary amides is 1. The fraction of sp³-hybridized carbons (Fsp3) is 0.417. The van der Waals surface area contributed by atoms with Gasteiger partial charge in [-0.2, -0.15) is 0 Å². The summed E-state index contributed by atoms with van der Waals surface area (Å²) in [5, 5.41) is 2.62. The van der Waals surface area contributed by atoms with Crippen molar-refractivity contribution in [2.75, 3.05) is 13.7 Å². The average Bonchev–Trinajstić information content (AvgIpc) is 2.27. The first kappa shape index (κ1) is 12.4. The molecule has 0 aromatic heterocycles. The normalized spacial score (nSPS) is 10.9. The molecule has 0 aliphatic heterocycles. The number of nitrogens with one attached hydrogen (secondary N) is 1. The van der Waals surface area contributed by atoms with Crippen LogP contribution in [-0.4, -0.2) is 19.7 Å².